The Balaban J connectivity index is 1.64. The summed E-state index contributed by atoms with van der Waals surface area (Å²) in [6.07, 6.45) is 4.98. The van der Waals surface area contributed by atoms with Crippen LogP contribution >= 0.6 is 11.3 Å². The average molecular weight is 289 g/mol. The molecule has 0 spiro atoms. The van der Waals surface area contributed by atoms with Crippen LogP contribution < -0.4 is 5.32 Å². The van der Waals surface area contributed by atoms with E-state index in [1.165, 1.54) is 47.8 Å². The smallest absolute Gasteiger partial charge is 0.106 e. The minimum Gasteiger partial charge on any atom is -0.328 e. The van der Waals surface area contributed by atoms with Crippen LogP contribution in [0.2, 0.25) is 0 Å². The molecule has 0 saturated carbocycles. The third-order valence-electron chi connectivity index (χ3n) is 4.11. The minimum absolute atomic E-state index is 0.476. The fourth-order valence-corrected chi connectivity index (χ4v) is 3.87. The van der Waals surface area contributed by atoms with Crippen LogP contribution in [-0.2, 0) is 19.4 Å². The van der Waals surface area contributed by atoms with Crippen molar-refractivity contribution in [3.63, 3.8) is 0 Å². The fourth-order valence-electron chi connectivity index (χ4n) is 3.19. The predicted molar refractivity (Wildman–Crippen MR) is 84.3 cm³/mol. The summed E-state index contributed by atoms with van der Waals surface area (Å²) in [5.74, 6) is 1.18. The Labute approximate surface area is 125 Å². The Kier molecular flexibility index (Phi) is 4.22. The standard InChI is InChI=1S/C16H23N3S/c1-12(10-17-11-14-6-5-9-20-14)19-13(2)18-15-7-3-4-8-16(15)19/h5-6,9,12,17H,3-4,7-8,10-11H2,1-2H3. The molecule has 2 aromatic heterocycles. The summed E-state index contributed by atoms with van der Waals surface area (Å²) in [4.78, 5) is 6.17. The van der Waals surface area contributed by atoms with Crippen molar-refractivity contribution in [3.05, 3.63) is 39.6 Å². The Morgan fingerprint density at radius 1 is 1.40 bits per heavy atom. The van der Waals surface area contributed by atoms with Gasteiger partial charge >= 0.3 is 0 Å². The van der Waals surface area contributed by atoms with E-state index in [1.54, 1.807) is 0 Å². The maximum Gasteiger partial charge on any atom is 0.106 e. The molecule has 0 aromatic carbocycles. The molecule has 20 heavy (non-hydrogen) atoms. The van der Waals surface area contributed by atoms with Gasteiger partial charge in [0.1, 0.15) is 5.82 Å². The highest BCUT2D eigenvalue weighted by molar-refractivity contribution is 7.09. The number of aryl methyl sites for hydroxylation is 2. The topological polar surface area (TPSA) is 29.9 Å². The molecule has 2 aromatic rings. The number of aromatic nitrogens is 2. The van der Waals surface area contributed by atoms with Crippen LogP contribution in [0.25, 0.3) is 0 Å². The lowest BCUT2D eigenvalue weighted by Gasteiger charge is -2.21. The van der Waals surface area contributed by atoms with E-state index < -0.39 is 0 Å². The monoisotopic (exact) mass is 289 g/mol. The Morgan fingerprint density at radius 2 is 2.25 bits per heavy atom. The third-order valence-corrected chi connectivity index (χ3v) is 4.98. The van der Waals surface area contributed by atoms with E-state index in [4.69, 9.17) is 4.98 Å². The van der Waals surface area contributed by atoms with Crippen molar-refractivity contribution in [2.24, 2.45) is 0 Å². The largest absolute Gasteiger partial charge is 0.328 e. The molecule has 0 saturated heterocycles. The van der Waals surface area contributed by atoms with Gasteiger partial charge in [0.25, 0.3) is 0 Å². The molecule has 0 amide bonds. The van der Waals surface area contributed by atoms with Crippen LogP contribution in [0, 0.1) is 6.92 Å². The highest BCUT2D eigenvalue weighted by Gasteiger charge is 2.20. The zero-order valence-electron chi connectivity index (χ0n) is 12.4. The minimum atomic E-state index is 0.476. The summed E-state index contributed by atoms with van der Waals surface area (Å²) in [6, 6.07) is 4.78. The number of imidazole rings is 1. The van der Waals surface area contributed by atoms with Gasteiger partial charge in [-0.25, -0.2) is 4.98 Å². The van der Waals surface area contributed by atoms with Crippen molar-refractivity contribution in [3.8, 4) is 0 Å². The van der Waals surface area contributed by atoms with Crippen LogP contribution in [0.1, 0.15) is 47.9 Å². The summed E-state index contributed by atoms with van der Waals surface area (Å²) >= 11 is 1.82. The molecule has 2 heterocycles. The van der Waals surface area contributed by atoms with Crippen molar-refractivity contribution in [1.82, 2.24) is 14.9 Å². The van der Waals surface area contributed by atoms with E-state index >= 15 is 0 Å². The lowest BCUT2D eigenvalue weighted by Crippen LogP contribution is -2.25. The molecule has 0 radical (unpaired) electrons. The van der Waals surface area contributed by atoms with Crippen molar-refractivity contribution in [2.45, 2.75) is 52.1 Å². The highest BCUT2D eigenvalue weighted by atomic mass is 32.1. The Morgan fingerprint density at radius 3 is 3.05 bits per heavy atom. The van der Waals surface area contributed by atoms with E-state index in [9.17, 15) is 0 Å². The molecule has 0 aliphatic heterocycles. The Hall–Kier alpha value is -1.13. The van der Waals surface area contributed by atoms with Gasteiger partial charge in [-0.1, -0.05) is 6.07 Å². The first-order valence-corrected chi connectivity index (χ1v) is 8.43. The number of hydrogen-bond donors (Lipinski definition) is 1. The summed E-state index contributed by atoms with van der Waals surface area (Å²) < 4.78 is 2.45. The van der Waals surface area contributed by atoms with E-state index in [-0.39, 0.29) is 0 Å². The normalized spacial score (nSPS) is 16.1. The van der Waals surface area contributed by atoms with Gasteiger partial charge in [0.15, 0.2) is 0 Å². The summed E-state index contributed by atoms with van der Waals surface area (Å²) in [5, 5.41) is 5.71. The quantitative estimate of drug-likeness (QED) is 0.913. The molecule has 1 unspecified atom stereocenters. The zero-order chi connectivity index (χ0) is 13.9. The first-order chi connectivity index (χ1) is 9.75. The first-order valence-electron chi connectivity index (χ1n) is 7.55. The molecule has 108 valence electrons. The number of nitrogens with one attached hydrogen (secondary N) is 1. The van der Waals surface area contributed by atoms with Gasteiger partial charge in [0, 0.05) is 29.7 Å². The second kappa shape index (κ2) is 6.10. The lowest BCUT2D eigenvalue weighted by atomic mass is 10.0. The molecular formula is C16H23N3S. The summed E-state index contributed by atoms with van der Waals surface area (Å²) in [6.45, 7) is 6.42. The van der Waals surface area contributed by atoms with Crippen LogP contribution in [0.5, 0.6) is 0 Å². The lowest BCUT2D eigenvalue weighted by molar-refractivity contribution is 0.465. The van der Waals surface area contributed by atoms with E-state index in [0.29, 0.717) is 6.04 Å². The second-order valence-corrected chi connectivity index (χ2v) is 6.72. The molecule has 3 rings (SSSR count). The third kappa shape index (κ3) is 2.81. The summed E-state index contributed by atoms with van der Waals surface area (Å²) in [5.41, 5.74) is 2.83. The van der Waals surface area contributed by atoms with E-state index in [2.05, 4.69) is 41.2 Å². The van der Waals surface area contributed by atoms with E-state index in [0.717, 1.165) is 13.1 Å². The van der Waals surface area contributed by atoms with Crippen LogP contribution in [0.15, 0.2) is 17.5 Å². The van der Waals surface area contributed by atoms with Crippen molar-refractivity contribution in [1.29, 1.82) is 0 Å². The first kappa shape index (κ1) is 13.8. The molecule has 3 nitrogen and oxygen atoms in total. The zero-order valence-corrected chi connectivity index (χ0v) is 13.2. The van der Waals surface area contributed by atoms with Crippen molar-refractivity contribution >= 4 is 11.3 Å². The number of nitrogens with zero attached hydrogens (tertiary/aromatic N) is 2. The van der Waals surface area contributed by atoms with Crippen LogP contribution in [0.4, 0.5) is 0 Å². The molecule has 0 fully saturated rings. The van der Waals surface area contributed by atoms with Gasteiger partial charge in [-0.3, -0.25) is 0 Å². The maximum atomic E-state index is 4.77. The molecule has 0 bridgehead atoms. The Bertz CT molecular complexity index is 557. The van der Waals surface area contributed by atoms with Crippen LogP contribution in [0.3, 0.4) is 0 Å². The van der Waals surface area contributed by atoms with Crippen LogP contribution in [-0.4, -0.2) is 16.1 Å². The van der Waals surface area contributed by atoms with Gasteiger partial charge in [-0.2, -0.15) is 0 Å². The van der Waals surface area contributed by atoms with Gasteiger partial charge in [0.2, 0.25) is 0 Å². The molecule has 4 heteroatoms. The number of fused-ring (bicyclic) bond motifs is 1. The van der Waals surface area contributed by atoms with Gasteiger partial charge in [0.05, 0.1) is 5.69 Å². The number of rotatable bonds is 5. The molecule has 1 atom stereocenters. The van der Waals surface area contributed by atoms with Gasteiger partial charge in [-0.05, 0) is 51.0 Å². The predicted octanol–water partition coefficient (Wildman–Crippen LogP) is 3.48. The van der Waals surface area contributed by atoms with Crippen molar-refractivity contribution in [2.75, 3.05) is 6.54 Å². The average Bonchev–Trinajstić information content (AvgIpc) is 3.04. The van der Waals surface area contributed by atoms with Gasteiger partial charge < -0.3 is 9.88 Å². The van der Waals surface area contributed by atoms with E-state index in [1.807, 2.05) is 11.3 Å². The number of hydrogen-bond acceptors (Lipinski definition) is 3. The molecular weight excluding hydrogens is 266 g/mol. The highest BCUT2D eigenvalue weighted by Crippen LogP contribution is 2.25. The van der Waals surface area contributed by atoms with Gasteiger partial charge in [-0.15, -0.1) is 11.3 Å². The molecule has 1 aliphatic carbocycles. The SMILES string of the molecule is Cc1nc2c(n1C(C)CNCc1cccs1)CCCC2. The van der Waals surface area contributed by atoms with Crippen molar-refractivity contribution < 1.29 is 0 Å². The number of thiophene rings is 1. The fraction of sp³-hybridized carbons (Fsp3) is 0.562. The molecule has 1 aliphatic rings. The second-order valence-electron chi connectivity index (χ2n) is 5.69. The molecule has 1 N–H and O–H groups in total. The maximum absolute atomic E-state index is 4.77. The summed E-state index contributed by atoms with van der Waals surface area (Å²) in [7, 11) is 0.